The predicted octanol–water partition coefficient (Wildman–Crippen LogP) is 2.03. The molecule has 1 aliphatic heterocycles. The van der Waals surface area contributed by atoms with E-state index in [9.17, 15) is 4.79 Å². The lowest BCUT2D eigenvalue weighted by Gasteiger charge is -2.24. The highest BCUT2D eigenvalue weighted by Gasteiger charge is 2.22. The molecule has 0 radical (unpaired) electrons. The van der Waals surface area contributed by atoms with Crippen LogP contribution in [0.1, 0.15) is 43.0 Å². The average Bonchev–Trinajstić information content (AvgIpc) is 3.07. The van der Waals surface area contributed by atoms with E-state index in [4.69, 9.17) is 0 Å². The summed E-state index contributed by atoms with van der Waals surface area (Å²) in [7, 11) is 0. The summed E-state index contributed by atoms with van der Waals surface area (Å²) >= 11 is 0. The zero-order chi connectivity index (χ0) is 17.3. The van der Waals surface area contributed by atoms with Crippen molar-refractivity contribution in [1.82, 2.24) is 24.6 Å². The van der Waals surface area contributed by atoms with Crippen LogP contribution in [-0.2, 0) is 30.7 Å². The largest absolute Gasteiger partial charge is 0.351 e. The number of hydrogen-bond donors (Lipinski definition) is 1. The molecule has 2 aromatic heterocycles. The van der Waals surface area contributed by atoms with Crippen molar-refractivity contribution in [2.45, 2.75) is 66.1 Å². The minimum absolute atomic E-state index is 0.0823. The van der Waals surface area contributed by atoms with Crippen molar-refractivity contribution in [2.24, 2.45) is 5.92 Å². The van der Waals surface area contributed by atoms with Crippen LogP contribution < -0.4 is 5.32 Å². The van der Waals surface area contributed by atoms with Gasteiger partial charge in [-0.05, 0) is 26.2 Å². The standard InChI is InChI=1S/C18H27N5O/c1-12(2)10-23-14(4)16(13(3)21-23)9-18(24)20-15-5-6-17-19-7-8-22(17)11-15/h7-8,12,15H,5-6,9-11H2,1-4H3,(H,20,24)/t15-/m1/s1. The number of hydrogen-bond acceptors (Lipinski definition) is 3. The van der Waals surface area contributed by atoms with Crippen LogP contribution in [0.25, 0.3) is 0 Å². The van der Waals surface area contributed by atoms with E-state index in [1.807, 2.05) is 24.0 Å². The fraction of sp³-hybridized carbons (Fsp3) is 0.611. The molecule has 3 rings (SSSR count). The molecular formula is C18H27N5O. The average molecular weight is 329 g/mol. The third kappa shape index (κ3) is 3.52. The molecule has 0 saturated heterocycles. The van der Waals surface area contributed by atoms with E-state index in [1.54, 1.807) is 0 Å². The zero-order valence-electron chi connectivity index (χ0n) is 15.0. The van der Waals surface area contributed by atoms with Gasteiger partial charge in [-0.15, -0.1) is 0 Å². The summed E-state index contributed by atoms with van der Waals surface area (Å²) in [5.74, 6) is 1.73. The summed E-state index contributed by atoms with van der Waals surface area (Å²) in [6, 6.07) is 0.186. The minimum Gasteiger partial charge on any atom is -0.351 e. The predicted molar refractivity (Wildman–Crippen MR) is 92.7 cm³/mol. The lowest BCUT2D eigenvalue weighted by molar-refractivity contribution is -0.121. The van der Waals surface area contributed by atoms with Crippen molar-refractivity contribution < 1.29 is 4.79 Å². The highest BCUT2D eigenvalue weighted by molar-refractivity contribution is 5.79. The SMILES string of the molecule is Cc1nn(CC(C)C)c(C)c1CC(=O)N[C@@H]1CCc2nccn2C1. The van der Waals surface area contributed by atoms with Gasteiger partial charge < -0.3 is 9.88 Å². The molecule has 1 amide bonds. The first-order chi connectivity index (χ1) is 11.4. The van der Waals surface area contributed by atoms with E-state index < -0.39 is 0 Å². The Morgan fingerprint density at radius 2 is 2.21 bits per heavy atom. The Balaban J connectivity index is 1.62. The fourth-order valence-corrected chi connectivity index (χ4v) is 3.44. The van der Waals surface area contributed by atoms with Crippen molar-refractivity contribution in [1.29, 1.82) is 0 Å². The molecule has 130 valence electrons. The molecule has 0 aliphatic carbocycles. The molecule has 1 aliphatic rings. The van der Waals surface area contributed by atoms with Crippen LogP contribution in [0.4, 0.5) is 0 Å². The van der Waals surface area contributed by atoms with Crippen LogP contribution in [0.15, 0.2) is 12.4 Å². The number of rotatable bonds is 5. The number of carbonyl (C=O) groups excluding carboxylic acids is 1. The van der Waals surface area contributed by atoms with Crippen molar-refractivity contribution in [2.75, 3.05) is 0 Å². The van der Waals surface area contributed by atoms with Gasteiger partial charge in [0.2, 0.25) is 5.91 Å². The van der Waals surface area contributed by atoms with Gasteiger partial charge in [0.05, 0.1) is 12.1 Å². The van der Waals surface area contributed by atoms with Gasteiger partial charge in [-0.3, -0.25) is 9.48 Å². The second kappa shape index (κ2) is 6.79. The number of imidazole rings is 1. The van der Waals surface area contributed by atoms with Gasteiger partial charge in [0.15, 0.2) is 0 Å². The number of amides is 1. The van der Waals surface area contributed by atoms with Gasteiger partial charge in [0.1, 0.15) is 5.82 Å². The van der Waals surface area contributed by atoms with Crippen LogP contribution >= 0.6 is 0 Å². The Kier molecular flexibility index (Phi) is 4.73. The van der Waals surface area contributed by atoms with E-state index >= 15 is 0 Å². The van der Waals surface area contributed by atoms with Crippen LogP contribution in [0.3, 0.4) is 0 Å². The Labute approximate surface area is 143 Å². The topological polar surface area (TPSA) is 64.7 Å². The van der Waals surface area contributed by atoms with Gasteiger partial charge in [0.25, 0.3) is 0 Å². The minimum atomic E-state index is 0.0823. The van der Waals surface area contributed by atoms with Crippen LogP contribution in [0.2, 0.25) is 0 Å². The molecule has 3 heterocycles. The molecule has 0 spiro atoms. The van der Waals surface area contributed by atoms with Crippen molar-refractivity contribution in [3.8, 4) is 0 Å². The molecule has 1 N–H and O–H groups in total. The Morgan fingerprint density at radius 1 is 1.42 bits per heavy atom. The fourth-order valence-electron chi connectivity index (χ4n) is 3.44. The number of aryl methyl sites for hydroxylation is 2. The summed E-state index contributed by atoms with van der Waals surface area (Å²) in [6.45, 7) is 10.1. The molecule has 0 bridgehead atoms. The molecule has 1 atom stereocenters. The van der Waals surface area contributed by atoms with Gasteiger partial charge in [-0.1, -0.05) is 13.8 Å². The summed E-state index contributed by atoms with van der Waals surface area (Å²) in [6.07, 6.45) is 6.09. The Hall–Kier alpha value is -2.11. The van der Waals surface area contributed by atoms with Crippen LogP contribution in [0, 0.1) is 19.8 Å². The Bertz CT molecular complexity index is 728. The first kappa shape index (κ1) is 16.7. The number of carbonyl (C=O) groups is 1. The van der Waals surface area contributed by atoms with E-state index in [0.717, 1.165) is 48.7 Å². The number of aromatic nitrogens is 4. The van der Waals surface area contributed by atoms with Crippen molar-refractivity contribution in [3.63, 3.8) is 0 Å². The second-order valence-electron chi connectivity index (χ2n) is 7.20. The summed E-state index contributed by atoms with van der Waals surface area (Å²) in [5.41, 5.74) is 3.13. The third-order valence-corrected chi connectivity index (χ3v) is 4.71. The number of nitrogens with zero attached hydrogens (tertiary/aromatic N) is 4. The van der Waals surface area contributed by atoms with Gasteiger partial charge in [0, 0.05) is 49.2 Å². The van der Waals surface area contributed by atoms with Crippen molar-refractivity contribution in [3.05, 3.63) is 35.2 Å². The first-order valence-corrected chi connectivity index (χ1v) is 8.76. The highest BCUT2D eigenvalue weighted by atomic mass is 16.1. The molecule has 24 heavy (non-hydrogen) atoms. The van der Waals surface area contributed by atoms with E-state index in [1.165, 1.54) is 0 Å². The summed E-state index contributed by atoms with van der Waals surface area (Å²) in [5, 5.41) is 7.78. The van der Waals surface area contributed by atoms with E-state index in [2.05, 4.69) is 40.7 Å². The normalized spacial score (nSPS) is 17.1. The maximum absolute atomic E-state index is 12.5. The summed E-state index contributed by atoms with van der Waals surface area (Å²) < 4.78 is 4.16. The van der Waals surface area contributed by atoms with Gasteiger partial charge >= 0.3 is 0 Å². The molecule has 6 heteroatoms. The van der Waals surface area contributed by atoms with E-state index in [0.29, 0.717) is 12.3 Å². The molecule has 0 fully saturated rings. The van der Waals surface area contributed by atoms with Crippen LogP contribution in [-0.4, -0.2) is 31.3 Å². The van der Waals surface area contributed by atoms with Gasteiger partial charge in [-0.25, -0.2) is 4.98 Å². The Morgan fingerprint density at radius 3 is 2.96 bits per heavy atom. The lowest BCUT2D eigenvalue weighted by atomic mass is 10.1. The zero-order valence-corrected chi connectivity index (χ0v) is 15.0. The monoisotopic (exact) mass is 329 g/mol. The summed E-state index contributed by atoms with van der Waals surface area (Å²) in [4.78, 5) is 16.8. The van der Waals surface area contributed by atoms with Crippen molar-refractivity contribution >= 4 is 5.91 Å². The first-order valence-electron chi connectivity index (χ1n) is 8.76. The third-order valence-electron chi connectivity index (χ3n) is 4.71. The van der Waals surface area contributed by atoms with Gasteiger partial charge in [-0.2, -0.15) is 5.10 Å². The second-order valence-corrected chi connectivity index (χ2v) is 7.20. The molecule has 0 aromatic carbocycles. The smallest absolute Gasteiger partial charge is 0.224 e. The molecule has 2 aromatic rings. The molecule has 6 nitrogen and oxygen atoms in total. The van der Waals surface area contributed by atoms with E-state index in [-0.39, 0.29) is 11.9 Å². The number of nitrogens with one attached hydrogen (secondary N) is 1. The molecule has 0 unspecified atom stereocenters. The molecular weight excluding hydrogens is 302 g/mol. The lowest BCUT2D eigenvalue weighted by Crippen LogP contribution is -2.41. The van der Waals surface area contributed by atoms with Crippen LogP contribution in [0.5, 0.6) is 0 Å². The maximum Gasteiger partial charge on any atom is 0.224 e. The maximum atomic E-state index is 12.5. The highest BCUT2D eigenvalue weighted by Crippen LogP contribution is 2.17. The quantitative estimate of drug-likeness (QED) is 0.913. The number of fused-ring (bicyclic) bond motifs is 1. The molecule has 0 saturated carbocycles.